The van der Waals surface area contributed by atoms with Gasteiger partial charge < -0.3 is 10.4 Å². The van der Waals surface area contributed by atoms with Crippen molar-refractivity contribution in [3.05, 3.63) is 51.3 Å². The summed E-state index contributed by atoms with van der Waals surface area (Å²) in [6, 6.07) is 5.38. The molecule has 1 aliphatic rings. The number of aromatic nitrogens is 2. The molecule has 3 N–H and O–H groups in total. The van der Waals surface area contributed by atoms with Crippen molar-refractivity contribution in [2.45, 2.75) is 25.3 Å². The highest BCUT2D eigenvalue weighted by atomic mass is 16.6. The minimum Gasteiger partial charge on any atom is -0.508 e. The SMILES string of the molecule is O=C(NCc1cc([N+](=O)[O-])ccc1O)c1cc(C2CC2)[nH]n1. The minimum absolute atomic E-state index is 0.0159. The van der Waals surface area contributed by atoms with Crippen LogP contribution in [0.5, 0.6) is 5.75 Å². The Hall–Kier alpha value is -2.90. The Morgan fingerprint density at radius 1 is 1.45 bits per heavy atom. The molecule has 1 aliphatic carbocycles. The fraction of sp³-hybridized carbons (Fsp3) is 0.286. The van der Waals surface area contributed by atoms with Gasteiger partial charge in [-0.2, -0.15) is 5.10 Å². The number of amides is 1. The number of rotatable bonds is 5. The molecule has 8 heteroatoms. The molecule has 2 aromatic rings. The number of non-ortho nitro benzene ring substituents is 1. The van der Waals surface area contributed by atoms with Gasteiger partial charge in [0.1, 0.15) is 11.4 Å². The minimum atomic E-state index is -0.555. The van der Waals surface area contributed by atoms with Crippen LogP contribution in [0.2, 0.25) is 0 Å². The lowest BCUT2D eigenvalue weighted by Crippen LogP contribution is -2.23. The van der Waals surface area contributed by atoms with E-state index in [1.165, 1.54) is 18.2 Å². The zero-order chi connectivity index (χ0) is 15.7. The van der Waals surface area contributed by atoms with E-state index in [2.05, 4.69) is 15.5 Å². The number of hydrogen-bond donors (Lipinski definition) is 3. The Morgan fingerprint density at radius 3 is 2.91 bits per heavy atom. The quantitative estimate of drug-likeness (QED) is 0.574. The van der Waals surface area contributed by atoms with Gasteiger partial charge in [-0.25, -0.2) is 0 Å². The molecule has 0 atom stereocenters. The monoisotopic (exact) mass is 302 g/mol. The van der Waals surface area contributed by atoms with Gasteiger partial charge >= 0.3 is 0 Å². The number of carbonyl (C=O) groups is 1. The van der Waals surface area contributed by atoms with Gasteiger partial charge in [0.25, 0.3) is 11.6 Å². The third-order valence-electron chi connectivity index (χ3n) is 3.56. The van der Waals surface area contributed by atoms with E-state index in [-0.39, 0.29) is 29.2 Å². The van der Waals surface area contributed by atoms with Crippen LogP contribution in [-0.4, -0.2) is 26.1 Å². The van der Waals surface area contributed by atoms with Crippen LogP contribution in [-0.2, 0) is 6.54 Å². The van der Waals surface area contributed by atoms with E-state index in [1.54, 1.807) is 6.07 Å². The number of nitrogens with zero attached hydrogens (tertiary/aromatic N) is 2. The maximum Gasteiger partial charge on any atom is 0.272 e. The summed E-state index contributed by atoms with van der Waals surface area (Å²) < 4.78 is 0. The molecule has 0 radical (unpaired) electrons. The summed E-state index contributed by atoms with van der Waals surface area (Å²) in [6.07, 6.45) is 2.20. The highest BCUT2D eigenvalue weighted by Gasteiger charge is 2.26. The van der Waals surface area contributed by atoms with Gasteiger partial charge in [0.05, 0.1) is 4.92 Å². The standard InChI is InChI=1S/C14H14N4O4/c19-13-4-3-10(18(21)22)5-9(13)7-15-14(20)12-6-11(16-17-12)8-1-2-8/h3-6,8,19H,1-2,7H2,(H,15,20)(H,16,17). The lowest BCUT2D eigenvalue weighted by atomic mass is 10.1. The second-order valence-corrected chi connectivity index (χ2v) is 5.24. The largest absolute Gasteiger partial charge is 0.508 e. The lowest BCUT2D eigenvalue weighted by molar-refractivity contribution is -0.384. The average Bonchev–Trinajstić information content (AvgIpc) is 3.23. The van der Waals surface area contributed by atoms with Crippen LogP contribution >= 0.6 is 0 Å². The summed E-state index contributed by atoms with van der Waals surface area (Å²) >= 11 is 0. The molecule has 22 heavy (non-hydrogen) atoms. The van der Waals surface area contributed by atoms with Crippen LogP contribution in [0.25, 0.3) is 0 Å². The van der Waals surface area contributed by atoms with E-state index < -0.39 is 10.8 Å². The molecule has 1 aromatic heterocycles. The summed E-state index contributed by atoms with van der Waals surface area (Å²) in [5.74, 6) is -0.0319. The van der Waals surface area contributed by atoms with E-state index in [1.807, 2.05) is 0 Å². The molecule has 1 fully saturated rings. The first kappa shape index (κ1) is 14.1. The predicted molar refractivity (Wildman–Crippen MR) is 76.5 cm³/mol. The van der Waals surface area contributed by atoms with Crippen molar-refractivity contribution in [2.24, 2.45) is 0 Å². The maximum absolute atomic E-state index is 12.0. The highest BCUT2D eigenvalue weighted by molar-refractivity contribution is 5.92. The number of phenols is 1. The molecule has 1 saturated carbocycles. The summed E-state index contributed by atoms with van der Waals surface area (Å²) in [7, 11) is 0. The molecular formula is C14H14N4O4. The Labute approximate surface area is 125 Å². The number of H-pyrrole nitrogens is 1. The summed E-state index contributed by atoms with van der Waals surface area (Å²) in [5.41, 5.74) is 1.36. The zero-order valence-corrected chi connectivity index (χ0v) is 11.6. The van der Waals surface area contributed by atoms with Gasteiger partial charge in [-0.1, -0.05) is 0 Å². The number of aromatic hydroxyl groups is 1. The smallest absolute Gasteiger partial charge is 0.272 e. The van der Waals surface area contributed by atoms with E-state index in [0.29, 0.717) is 5.92 Å². The molecule has 8 nitrogen and oxygen atoms in total. The maximum atomic E-state index is 12.0. The summed E-state index contributed by atoms with van der Waals surface area (Å²) in [4.78, 5) is 22.2. The van der Waals surface area contributed by atoms with E-state index >= 15 is 0 Å². The Balaban J connectivity index is 1.67. The van der Waals surface area contributed by atoms with Crippen LogP contribution in [0.3, 0.4) is 0 Å². The first-order chi connectivity index (χ1) is 10.5. The highest BCUT2D eigenvalue weighted by Crippen LogP contribution is 2.38. The molecule has 0 saturated heterocycles. The van der Waals surface area contributed by atoms with Crippen molar-refractivity contribution >= 4 is 11.6 Å². The molecule has 0 unspecified atom stereocenters. The van der Waals surface area contributed by atoms with Crippen molar-refractivity contribution in [3.8, 4) is 5.75 Å². The Bertz CT molecular complexity index is 736. The molecule has 1 amide bonds. The number of nitro benzene ring substituents is 1. The lowest BCUT2D eigenvalue weighted by Gasteiger charge is -2.05. The number of carbonyl (C=O) groups excluding carboxylic acids is 1. The van der Waals surface area contributed by atoms with Crippen LogP contribution in [0, 0.1) is 10.1 Å². The molecule has 0 aliphatic heterocycles. The van der Waals surface area contributed by atoms with Crippen molar-refractivity contribution in [1.29, 1.82) is 0 Å². The first-order valence-electron chi connectivity index (χ1n) is 6.84. The van der Waals surface area contributed by atoms with Gasteiger partial charge in [-0.3, -0.25) is 20.0 Å². The molecule has 0 spiro atoms. The van der Waals surface area contributed by atoms with Crippen LogP contribution in [0.4, 0.5) is 5.69 Å². The van der Waals surface area contributed by atoms with Crippen LogP contribution in [0.1, 0.15) is 40.5 Å². The third-order valence-corrected chi connectivity index (χ3v) is 3.56. The van der Waals surface area contributed by atoms with Crippen molar-refractivity contribution in [2.75, 3.05) is 0 Å². The molecule has 1 aromatic carbocycles. The number of nitro groups is 1. The van der Waals surface area contributed by atoms with Crippen molar-refractivity contribution in [3.63, 3.8) is 0 Å². The number of aromatic amines is 1. The fourth-order valence-corrected chi connectivity index (χ4v) is 2.15. The summed E-state index contributed by atoms with van der Waals surface area (Å²) in [5, 5.41) is 29.8. The Morgan fingerprint density at radius 2 is 2.23 bits per heavy atom. The number of phenolic OH excluding ortho intramolecular Hbond substituents is 1. The van der Waals surface area contributed by atoms with Gasteiger partial charge in [0.2, 0.25) is 0 Å². The second kappa shape index (κ2) is 5.47. The number of hydrogen-bond acceptors (Lipinski definition) is 5. The van der Waals surface area contributed by atoms with Gasteiger partial charge in [0, 0.05) is 35.9 Å². The normalized spacial score (nSPS) is 13.8. The molecule has 0 bridgehead atoms. The average molecular weight is 302 g/mol. The van der Waals surface area contributed by atoms with Crippen LogP contribution in [0.15, 0.2) is 24.3 Å². The topological polar surface area (TPSA) is 121 Å². The predicted octanol–water partition coefficient (Wildman–Crippen LogP) is 1.83. The molecular weight excluding hydrogens is 288 g/mol. The van der Waals surface area contributed by atoms with Gasteiger partial charge in [-0.05, 0) is 25.0 Å². The third kappa shape index (κ3) is 2.90. The molecule has 1 heterocycles. The van der Waals surface area contributed by atoms with Crippen molar-refractivity contribution < 1.29 is 14.8 Å². The molecule has 114 valence electrons. The summed E-state index contributed by atoms with van der Waals surface area (Å²) in [6.45, 7) is -0.0159. The number of benzene rings is 1. The van der Waals surface area contributed by atoms with Gasteiger partial charge in [-0.15, -0.1) is 0 Å². The van der Waals surface area contributed by atoms with E-state index in [4.69, 9.17) is 0 Å². The van der Waals surface area contributed by atoms with E-state index in [9.17, 15) is 20.0 Å². The fourth-order valence-electron chi connectivity index (χ4n) is 2.15. The second-order valence-electron chi connectivity index (χ2n) is 5.24. The van der Waals surface area contributed by atoms with E-state index in [0.717, 1.165) is 18.5 Å². The van der Waals surface area contributed by atoms with Crippen molar-refractivity contribution in [1.82, 2.24) is 15.5 Å². The zero-order valence-electron chi connectivity index (χ0n) is 11.6. The first-order valence-corrected chi connectivity index (χ1v) is 6.84. The molecule has 3 rings (SSSR count). The Kier molecular flexibility index (Phi) is 3.50. The van der Waals surface area contributed by atoms with Gasteiger partial charge in [0.15, 0.2) is 0 Å². The number of nitrogens with one attached hydrogen (secondary N) is 2. The van der Waals surface area contributed by atoms with Crippen LogP contribution < -0.4 is 5.32 Å².